The summed E-state index contributed by atoms with van der Waals surface area (Å²) in [6, 6.07) is 8.37. The molecule has 1 amide bonds. The molecular weight excluding hydrogens is 240 g/mol. The Kier molecular flexibility index (Phi) is 5.21. The van der Waals surface area contributed by atoms with Crippen LogP contribution in [0.25, 0.3) is 0 Å². The van der Waals surface area contributed by atoms with Crippen molar-refractivity contribution in [3.63, 3.8) is 0 Å². The fourth-order valence-electron chi connectivity index (χ4n) is 1.83. The number of ether oxygens (including phenoxy) is 1. The largest absolute Gasteiger partial charge is 0.493 e. The van der Waals surface area contributed by atoms with E-state index in [-0.39, 0.29) is 5.91 Å². The highest BCUT2D eigenvalue weighted by molar-refractivity contribution is 5.76. The summed E-state index contributed by atoms with van der Waals surface area (Å²) in [4.78, 5) is 11.5. The van der Waals surface area contributed by atoms with Crippen molar-refractivity contribution < 1.29 is 9.53 Å². The third-order valence-corrected chi connectivity index (χ3v) is 3.07. The third kappa shape index (κ3) is 4.91. The molecule has 4 heteroatoms. The van der Waals surface area contributed by atoms with Crippen LogP contribution < -0.4 is 15.4 Å². The Morgan fingerprint density at radius 1 is 1.37 bits per heavy atom. The van der Waals surface area contributed by atoms with Gasteiger partial charge in [0.05, 0.1) is 13.0 Å². The monoisotopic (exact) mass is 262 g/mol. The lowest BCUT2D eigenvalue weighted by Crippen LogP contribution is -2.26. The number of hydrogen-bond acceptors (Lipinski definition) is 3. The number of hydrogen-bond donors (Lipinski definition) is 2. The fourth-order valence-corrected chi connectivity index (χ4v) is 1.83. The van der Waals surface area contributed by atoms with Crippen molar-refractivity contribution in [1.29, 1.82) is 0 Å². The summed E-state index contributed by atoms with van der Waals surface area (Å²) >= 11 is 0. The molecule has 1 aromatic rings. The summed E-state index contributed by atoms with van der Waals surface area (Å²) in [6.45, 7) is 4.23. The Morgan fingerprint density at radius 3 is 2.89 bits per heavy atom. The zero-order chi connectivity index (χ0) is 13.5. The van der Waals surface area contributed by atoms with Gasteiger partial charge in [0, 0.05) is 18.2 Å². The van der Waals surface area contributed by atoms with E-state index in [0.717, 1.165) is 37.2 Å². The summed E-state index contributed by atoms with van der Waals surface area (Å²) in [5, 5.41) is 6.24. The van der Waals surface area contributed by atoms with Gasteiger partial charge >= 0.3 is 0 Å². The van der Waals surface area contributed by atoms with Crippen molar-refractivity contribution in [2.45, 2.75) is 38.8 Å². The number of rotatable bonds is 8. The van der Waals surface area contributed by atoms with E-state index in [9.17, 15) is 4.79 Å². The van der Waals surface area contributed by atoms with E-state index in [1.54, 1.807) is 0 Å². The molecule has 2 rings (SSSR count). The molecule has 0 unspecified atom stereocenters. The molecule has 0 saturated heterocycles. The fraction of sp³-hybridized carbons (Fsp3) is 0.533. The van der Waals surface area contributed by atoms with E-state index < -0.39 is 0 Å². The Bertz CT molecular complexity index is 416. The van der Waals surface area contributed by atoms with Crippen LogP contribution in [0.3, 0.4) is 0 Å². The molecule has 0 atom stereocenters. The first kappa shape index (κ1) is 13.9. The molecule has 2 N–H and O–H groups in total. The third-order valence-electron chi connectivity index (χ3n) is 3.07. The van der Waals surface area contributed by atoms with Crippen LogP contribution in [-0.2, 0) is 11.3 Å². The second-order valence-corrected chi connectivity index (χ2v) is 4.83. The van der Waals surface area contributed by atoms with Gasteiger partial charge in [0.1, 0.15) is 5.75 Å². The second-order valence-electron chi connectivity index (χ2n) is 4.83. The maximum Gasteiger partial charge on any atom is 0.223 e. The van der Waals surface area contributed by atoms with Crippen LogP contribution >= 0.6 is 0 Å². The molecular formula is C15H22N2O2. The first-order valence-corrected chi connectivity index (χ1v) is 7.00. The summed E-state index contributed by atoms with van der Waals surface area (Å²) in [5.41, 5.74) is 1.13. The van der Waals surface area contributed by atoms with Crippen LogP contribution in [0.4, 0.5) is 0 Å². The number of carbonyl (C=O) groups is 1. The Labute approximate surface area is 114 Å². The Balaban J connectivity index is 1.76. The van der Waals surface area contributed by atoms with Crippen LogP contribution in [0, 0.1) is 0 Å². The normalized spacial score (nSPS) is 14.2. The molecule has 0 radical (unpaired) electrons. The standard InChI is InChI=1S/C15H22N2O2/c1-2-16-11-12-5-3-4-6-14(12)19-10-9-15(18)17-13-7-8-13/h3-6,13,16H,2,7-11H2,1H3,(H,17,18). The first-order chi connectivity index (χ1) is 9.29. The van der Waals surface area contributed by atoms with Crippen LogP contribution in [0.2, 0.25) is 0 Å². The minimum atomic E-state index is 0.0895. The van der Waals surface area contributed by atoms with Gasteiger partial charge in [0.2, 0.25) is 5.91 Å². The van der Waals surface area contributed by atoms with E-state index in [1.807, 2.05) is 24.3 Å². The summed E-state index contributed by atoms with van der Waals surface area (Å²) < 4.78 is 5.71. The Morgan fingerprint density at radius 2 is 2.16 bits per heavy atom. The molecule has 1 aliphatic rings. The highest BCUT2D eigenvalue weighted by Gasteiger charge is 2.22. The van der Waals surface area contributed by atoms with Crippen molar-refractivity contribution in [2.75, 3.05) is 13.2 Å². The maximum atomic E-state index is 11.5. The zero-order valence-corrected chi connectivity index (χ0v) is 11.4. The van der Waals surface area contributed by atoms with Crippen molar-refractivity contribution in [1.82, 2.24) is 10.6 Å². The summed E-state index contributed by atoms with van der Waals surface area (Å²) in [6.07, 6.45) is 2.67. The lowest BCUT2D eigenvalue weighted by Gasteiger charge is -2.11. The lowest BCUT2D eigenvalue weighted by molar-refractivity contribution is -0.121. The number of para-hydroxylation sites is 1. The van der Waals surface area contributed by atoms with Gasteiger partial charge < -0.3 is 15.4 Å². The molecule has 1 fully saturated rings. The van der Waals surface area contributed by atoms with Crippen molar-refractivity contribution in [2.24, 2.45) is 0 Å². The predicted octanol–water partition coefficient (Wildman–Crippen LogP) is 1.84. The van der Waals surface area contributed by atoms with Gasteiger partial charge in [0.15, 0.2) is 0 Å². The number of nitrogens with one attached hydrogen (secondary N) is 2. The predicted molar refractivity (Wildman–Crippen MR) is 75.1 cm³/mol. The molecule has 104 valence electrons. The lowest BCUT2D eigenvalue weighted by atomic mass is 10.2. The average Bonchev–Trinajstić information content (AvgIpc) is 3.21. The van der Waals surface area contributed by atoms with Crippen molar-refractivity contribution >= 4 is 5.91 Å². The van der Waals surface area contributed by atoms with E-state index >= 15 is 0 Å². The van der Waals surface area contributed by atoms with Gasteiger partial charge in [-0.1, -0.05) is 25.1 Å². The van der Waals surface area contributed by atoms with Crippen LogP contribution in [0.1, 0.15) is 31.7 Å². The molecule has 1 aromatic carbocycles. The van der Waals surface area contributed by atoms with E-state index in [0.29, 0.717) is 19.1 Å². The van der Waals surface area contributed by atoms with Crippen LogP contribution in [-0.4, -0.2) is 25.1 Å². The van der Waals surface area contributed by atoms with Crippen LogP contribution in [0.5, 0.6) is 5.75 Å². The number of carbonyl (C=O) groups excluding carboxylic acids is 1. The van der Waals surface area contributed by atoms with Gasteiger partial charge in [-0.25, -0.2) is 0 Å². The molecule has 0 aliphatic heterocycles. The minimum Gasteiger partial charge on any atom is -0.493 e. The summed E-state index contributed by atoms with van der Waals surface area (Å²) in [7, 11) is 0. The Hall–Kier alpha value is -1.55. The first-order valence-electron chi connectivity index (χ1n) is 7.00. The zero-order valence-electron chi connectivity index (χ0n) is 11.4. The highest BCUT2D eigenvalue weighted by Crippen LogP contribution is 2.19. The molecule has 0 heterocycles. The molecule has 0 bridgehead atoms. The van der Waals surface area contributed by atoms with Gasteiger partial charge in [-0.2, -0.15) is 0 Å². The van der Waals surface area contributed by atoms with E-state index in [2.05, 4.69) is 17.6 Å². The molecule has 19 heavy (non-hydrogen) atoms. The maximum absolute atomic E-state index is 11.5. The van der Waals surface area contributed by atoms with E-state index in [1.165, 1.54) is 0 Å². The molecule has 0 aromatic heterocycles. The van der Waals surface area contributed by atoms with E-state index in [4.69, 9.17) is 4.74 Å². The van der Waals surface area contributed by atoms with Crippen molar-refractivity contribution in [3.8, 4) is 5.75 Å². The second kappa shape index (κ2) is 7.14. The van der Waals surface area contributed by atoms with Gasteiger partial charge in [-0.15, -0.1) is 0 Å². The summed E-state index contributed by atoms with van der Waals surface area (Å²) in [5.74, 6) is 0.953. The topological polar surface area (TPSA) is 50.4 Å². The molecule has 4 nitrogen and oxygen atoms in total. The van der Waals surface area contributed by atoms with Crippen molar-refractivity contribution in [3.05, 3.63) is 29.8 Å². The quantitative estimate of drug-likeness (QED) is 0.751. The molecule has 0 spiro atoms. The van der Waals surface area contributed by atoms with Gasteiger partial charge in [0.25, 0.3) is 0 Å². The van der Waals surface area contributed by atoms with Gasteiger partial charge in [-0.05, 0) is 25.5 Å². The SMILES string of the molecule is CCNCc1ccccc1OCCC(=O)NC1CC1. The molecule has 1 saturated carbocycles. The number of benzene rings is 1. The molecule has 1 aliphatic carbocycles. The smallest absolute Gasteiger partial charge is 0.223 e. The minimum absolute atomic E-state index is 0.0895. The number of amides is 1. The highest BCUT2D eigenvalue weighted by atomic mass is 16.5. The van der Waals surface area contributed by atoms with Crippen LogP contribution in [0.15, 0.2) is 24.3 Å². The van der Waals surface area contributed by atoms with Gasteiger partial charge in [-0.3, -0.25) is 4.79 Å². The average molecular weight is 262 g/mol.